The first-order valence-corrected chi connectivity index (χ1v) is 0. The van der Waals surface area contributed by atoms with Crippen LogP contribution in [-0.4, -0.2) is 78.7 Å². The van der Waals surface area contributed by atoms with Gasteiger partial charge in [-0.05, 0) is 0 Å². The van der Waals surface area contributed by atoms with Gasteiger partial charge in [-0.25, -0.2) is 0 Å². The molecule has 0 aromatic heterocycles. The first-order chi connectivity index (χ1) is 0. The third-order valence-electron chi connectivity index (χ3n) is 0. The molecule has 0 aliphatic carbocycles. The Morgan fingerprint density at radius 3 is 1.14 bits per heavy atom. The molecule has 0 nitrogen and oxygen atoms in total. The average Bonchev–Trinajstić information content (AvgIpc) is 0. The first kappa shape index (κ1) is 61.9. The van der Waals surface area contributed by atoms with Gasteiger partial charge in [0.1, 0.15) is 0 Å². The van der Waals surface area contributed by atoms with E-state index in [0.29, 0.717) is 0 Å². The smallest absolute Gasteiger partial charge is 1.00 e. The zero-order chi connectivity index (χ0) is 0. The van der Waals surface area contributed by atoms with Gasteiger partial charge >= 0.3 is 78.7 Å². The molecule has 0 fully saturated rings. The van der Waals surface area contributed by atoms with Gasteiger partial charge in [0.2, 0.25) is 0 Å². The maximum absolute atomic E-state index is 0. The molecule has 0 saturated heterocycles. The van der Waals surface area contributed by atoms with Gasteiger partial charge in [-0.2, -0.15) is 9.90 Å². The van der Waals surface area contributed by atoms with Crippen molar-refractivity contribution >= 4 is 88.6 Å². The summed E-state index contributed by atoms with van der Waals surface area (Å²) in [6.07, 6.45) is 0. The molecule has 0 saturated carbocycles. The molecule has 0 N–H and O–H groups in total. The molecule has 7 heteroatoms. The van der Waals surface area contributed by atoms with Crippen LogP contribution in [-0.2, 0) is 51.2 Å². The maximum atomic E-state index is 0. The molecular formula is H10AsCaCoCrCuMgP. The fourth-order valence-electron chi connectivity index (χ4n) is 0. The molecule has 0 aromatic carbocycles. The summed E-state index contributed by atoms with van der Waals surface area (Å²) in [5.41, 5.74) is 0. The Labute approximate surface area is 143 Å². The summed E-state index contributed by atoms with van der Waals surface area (Å²) in [4.78, 5) is 0. The van der Waals surface area contributed by atoms with E-state index < -0.39 is 0 Å². The molecule has 7 heavy (non-hydrogen) atoms. The second-order valence-electron chi connectivity index (χ2n) is 0. The van der Waals surface area contributed by atoms with Crippen molar-refractivity contribution in [3.05, 3.63) is 0 Å². The molecule has 0 heterocycles. The van der Waals surface area contributed by atoms with Gasteiger partial charge in [0.05, 0.1) is 0 Å². The molecular weight excluding hydrogens is 345 g/mol. The Morgan fingerprint density at radius 1 is 1.14 bits per heavy atom. The monoisotopic (exact) mass is 354 g/mol. The molecule has 2 unspecified atom stereocenters. The van der Waals surface area contributed by atoms with Gasteiger partial charge in [-0.15, -0.1) is 0 Å². The number of hydrogen-bond donors (Lipinski definition) is 0. The zero-order valence-corrected chi connectivity index (χ0v) is 15.1. The van der Waals surface area contributed by atoms with Crippen molar-refractivity contribution in [1.29, 1.82) is 0 Å². The second-order valence-corrected chi connectivity index (χ2v) is 0. The van der Waals surface area contributed by atoms with E-state index in [9.17, 15) is 0 Å². The van der Waals surface area contributed by atoms with E-state index in [4.69, 9.17) is 0 Å². The summed E-state index contributed by atoms with van der Waals surface area (Å²) >= 11 is 0. The molecule has 2 atom stereocenters. The SMILES string of the molecule is P.[AsH3].[Ca+2].[Co].[Cr].[Cu].[H-].[H-].[H-].[H-].[Mg+2]. The topological polar surface area (TPSA) is 0 Å². The van der Waals surface area contributed by atoms with Crippen LogP contribution in [0.25, 0.3) is 0 Å². The van der Waals surface area contributed by atoms with Gasteiger partial charge in [-0.3, -0.25) is 0 Å². The molecule has 0 spiro atoms. The van der Waals surface area contributed by atoms with E-state index in [1.54, 1.807) is 0 Å². The predicted octanol–water partition coefficient (Wildman–Crippen LogP) is -1.44. The molecule has 2 radical (unpaired) electrons. The molecule has 0 bridgehead atoms. The van der Waals surface area contributed by atoms with Gasteiger partial charge in [0.15, 0.2) is 0 Å². The molecule has 50 valence electrons. The number of hydrogen-bond acceptors (Lipinski definition) is 0. The van der Waals surface area contributed by atoms with Gasteiger partial charge in [0.25, 0.3) is 0 Å². The van der Waals surface area contributed by atoms with Crippen molar-refractivity contribution in [2.24, 2.45) is 0 Å². The molecule has 0 rings (SSSR count). The minimum atomic E-state index is 0. The largest absolute Gasteiger partial charge is 2.00 e. The standard InChI is InChI=1S/AsH3.Ca.Co.Cr.Cu.Mg.H3P.4H/h1H3;;;;;;1H3;;;;/q;+2;;;;+2;;4*-1. The Bertz CT molecular complexity index is 30.1. The minimum Gasteiger partial charge on any atom is -1.00 e. The summed E-state index contributed by atoms with van der Waals surface area (Å²) in [6.45, 7) is 0. The van der Waals surface area contributed by atoms with Crippen LogP contribution in [0.3, 0.4) is 0 Å². The fourth-order valence-corrected chi connectivity index (χ4v) is 0. The third-order valence-corrected chi connectivity index (χ3v) is 0. The van der Waals surface area contributed by atoms with Gasteiger partial charge in [0, 0.05) is 51.2 Å². The molecule has 0 aliphatic rings. The van der Waals surface area contributed by atoms with Crippen molar-refractivity contribution in [3.8, 4) is 0 Å². The van der Waals surface area contributed by atoms with Gasteiger partial charge in [-0.1, -0.05) is 0 Å². The van der Waals surface area contributed by atoms with Crippen LogP contribution < -0.4 is 0 Å². The average molecular weight is 355 g/mol. The molecule has 0 amide bonds. The minimum absolute atomic E-state index is 0. The summed E-state index contributed by atoms with van der Waals surface area (Å²) in [5, 5.41) is 0. The van der Waals surface area contributed by atoms with E-state index in [0.717, 1.165) is 0 Å². The Hall–Kier alpha value is 4.57. The van der Waals surface area contributed by atoms with Crippen molar-refractivity contribution in [2.75, 3.05) is 0 Å². The second kappa shape index (κ2) is 46.3. The van der Waals surface area contributed by atoms with E-state index in [1.165, 1.54) is 0 Å². The van der Waals surface area contributed by atoms with Crippen LogP contribution >= 0.6 is 9.90 Å². The Morgan fingerprint density at radius 2 is 1.14 bits per heavy atom. The summed E-state index contributed by atoms with van der Waals surface area (Å²) in [5.74, 6) is 0. The summed E-state index contributed by atoms with van der Waals surface area (Å²) in [6, 6.07) is 0. The van der Waals surface area contributed by atoms with E-state index in [2.05, 4.69) is 0 Å². The van der Waals surface area contributed by atoms with E-state index in [-0.39, 0.29) is 146 Å². The summed E-state index contributed by atoms with van der Waals surface area (Å²) < 4.78 is 0. The van der Waals surface area contributed by atoms with Crippen LogP contribution in [0.15, 0.2) is 0 Å². The van der Waals surface area contributed by atoms with Crippen LogP contribution in [0.2, 0.25) is 0 Å². The van der Waals surface area contributed by atoms with Crippen molar-refractivity contribution in [3.63, 3.8) is 0 Å². The summed E-state index contributed by atoms with van der Waals surface area (Å²) in [7, 11) is 0. The third kappa shape index (κ3) is 37.2. The first-order valence-electron chi connectivity index (χ1n) is 0. The molecule has 0 aliphatic heterocycles. The van der Waals surface area contributed by atoms with Crippen LogP contribution in [0, 0.1) is 0 Å². The Balaban J connectivity index is 0. The normalized spacial score (nSPS) is 0. The van der Waals surface area contributed by atoms with Crippen LogP contribution in [0.1, 0.15) is 5.71 Å². The quantitative estimate of drug-likeness (QED) is 0.369. The predicted molar refractivity (Wildman–Crippen MR) is 37.0 cm³/mol. The van der Waals surface area contributed by atoms with Gasteiger partial charge < -0.3 is 5.71 Å². The van der Waals surface area contributed by atoms with Crippen molar-refractivity contribution < 1.29 is 56.9 Å². The van der Waals surface area contributed by atoms with E-state index in [1.807, 2.05) is 0 Å². The van der Waals surface area contributed by atoms with Crippen molar-refractivity contribution in [2.45, 2.75) is 0 Å². The fraction of sp³-hybridized carbons (Fsp3) is 0. The zero-order valence-electron chi connectivity index (χ0n) is 7.87. The number of rotatable bonds is 0. The Kier molecular flexibility index (Phi) is 409. The van der Waals surface area contributed by atoms with Crippen LogP contribution in [0.4, 0.5) is 0 Å². The van der Waals surface area contributed by atoms with Crippen molar-refractivity contribution in [1.82, 2.24) is 0 Å². The molecule has 0 aromatic rings. The van der Waals surface area contributed by atoms with Crippen LogP contribution in [0.5, 0.6) is 0 Å². The maximum Gasteiger partial charge on any atom is 2.00 e. The van der Waals surface area contributed by atoms with E-state index >= 15 is 0 Å².